The van der Waals surface area contributed by atoms with E-state index in [2.05, 4.69) is 9.98 Å². The van der Waals surface area contributed by atoms with Crippen LogP contribution in [0.3, 0.4) is 0 Å². The molecule has 0 saturated carbocycles. The minimum Gasteiger partial charge on any atom is -0.507 e. The molecule has 3 aromatic rings. The Morgan fingerprint density at radius 1 is 0.542 bits per heavy atom. The molecule has 0 atom stereocenters. The van der Waals surface area contributed by atoms with Gasteiger partial charge in [0.05, 0.1) is 11.4 Å². The molecule has 0 saturated heterocycles. The summed E-state index contributed by atoms with van der Waals surface area (Å²) in [6.07, 6.45) is 3.05. The molecule has 3 rings (SSSR count). The van der Waals surface area contributed by atoms with Crippen molar-refractivity contribution in [1.29, 1.82) is 0 Å². The average Bonchev–Trinajstić information content (AvgIpc) is 2.63. The summed E-state index contributed by atoms with van der Waals surface area (Å²) in [6, 6.07) is 21.6. The first-order valence-electron chi connectivity index (χ1n) is 7.47. The van der Waals surface area contributed by atoms with E-state index in [9.17, 15) is 10.2 Å². The fraction of sp³-hybridized carbons (Fsp3) is 0. The van der Waals surface area contributed by atoms with Crippen molar-refractivity contribution in [1.82, 2.24) is 0 Å². The van der Waals surface area contributed by atoms with Gasteiger partial charge in [-0.25, -0.2) is 0 Å². The van der Waals surface area contributed by atoms with Gasteiger partial charge in [0.15, 0.2) is 0 Å². The fourth-order valence-corrected chi connectivity index (χ4v) is 2.19. The van der Waals surface area contributed by atoms with Gasteiger partial charge in [-0.05, 0) is 36.4 Å². The zero-order valence-corrected chi connectivity index (χ0v) is 12.9. The Kier molecular flexibility index (Phi) is 4.68. The number of para-hydroxylation sites is 2. The summed E-state index contributed by atoms with van der Waals surface area (Å²) >= 11 is 0. The maximum Gasteiger partial charge on any atom is 0.125 e. The Labute approximate surface area is 140 Å². The molecule has 0 aromatic heterocycles. The van der Waals surface area contributed by atoms with Crippen LogP contribution in [0.4, 0.5) is 11.4 Å². The van der Waals surface area contributed by atoms with Crippen molar-refractivity contribution >= 4 is 23.8 Å². The first kappa shape index (κ1) is 15.5. The number of nitrogens with zero attached hydrogens (tertiary/aromatic N) is 2. The van der Waals surface area contributed by atoms with E-state index in [4.69, 9.17) is 0 Å². The molecule has 118 valence electrons. The molecule has 0 aliphatic carbocycles. The van der Waals surface area contributed by atoms with Crippen molar-refractivity contribution in [3.63, 3.8) is 0 Å². The molecular weight excluding hydrogens is 300 g/mol. The van der Waals surface area contributed by atoms with Crippen LogP contribution in [0.15, 0.2) is 82.8 Å². The standard InChI is InChI=1S/C20H16N2O2/c23-19-11-12-20(24)18(14-22-16-9-5-2-6-10-16)17(19)13-21-15-7-3-1-4-8-15/h1-14,23-24H. The van der Waals surface area contributed by atoms with Crippen molar-refractivity contribution in [2.75, 3.05) is 0 Å². The van der Waals surface area contributed by atoms with E-state index in [1.165, 1.54) is 24.6 Å². The highest BCUT2D eigenvalue weighted by atomic mass is 16.3. The van der Waals surface area contributed by atoms with E-state index in [0.717, 1.165) is 11.4 Å². The van der Waals surface area contributed by atoms with Crippen LogP contribution in [0.2, 0.25) is 0 Å². The summed E-state index contributed by atoms with van der Waals surface area (Å²) in [7, 11) is 0. The van der Waals surface area contributed by atoms with Gasteiger partial charge in [0.2, 0.25) is 0 Å². The maximum atomic E-state index is 10.1. The Hall–Kier alpha value is -3.40. The van der Waals surface area contributed by atoms with Crippen LogP contribution >= 0.6 is 0 Å². The monoisotopic (exact) mass is 316 g/mol. The van der Waals surface area contributed by atoms with Crippen molar-refractivity contribution < 1.29 is 10.2 Å². The average molecular weight is 316 g/mol. The molecule has 0 fully saturated rings. The molecular formula is C20H16N2O2. The summed E-state index contributed by atoms with van der Waals surface area (Å²) in [5, 5.41) is 20.3. The second-order valence-electron chi connectivity index (χ2n) is 5.12. The Morgan fingerprint density at radius 3 is 1.29 bits per heavy atom. The first-order valence-corrected chi connectivity index (χ1v) is 7.47. The van der Waals surface area contributed by atoms with Gasteiger partial charge in [-0.15, -0.1) is 0 Å². The van der Waals surface area contributed by atoms with Crippen LogP contribution in [0.1, 0.15) is 11.1 Å². The lowest BCUT2D eigenvalue weighted by Crippen LogP contribution is -1.93. The van der Waals surface area contributed by atoms with E-state index in [1.807, 2.05) is 60.7 Å². The van der Waals surface area contributed by atoms with Gasteiger partial charge in [-0.1, -0.05) is 36.4 Å². The highest BCUT2D eigenvalue weighted by Crippen LogP contribution is 2.27. The van der Waals surface area contributed by atoms with Crippen LogP contribution in [0, 0.1) is 0 Å². The fourth-order valence-electron chi connectivity index (χ4n) is 2.19. The van der Waals surface area contributed by atoms with E-state index in [-0.39, 0.29) is 11.5 Å². The molecule has 0 radical (unpaired) electrons. The van der Waals surface area contributed by atoms with Crippen molar-refractivity contribution in [2.24, 2.45) is 9.98 Å². The summed E-state index contributed by atoms with van der Waals surface area (Å²) in [5.74, 6) is 0.0592. The second kappa shape index (κ2) is 7.24. The van der Waals surface area contributed by atoms with Crippen LogP contribution in [-0.2, 0) is 0 Å². The normalized spacial score (nSPS) is 11.3. The molecule has 24 heavy (non-hydrogen) atoms. The van der Waals surface area contributed by atoms with Crippen molar-refractivity contribution in [3.05, 3.63) is 83.9 Å². The number of phenols is 2. The molecule has 2 N–H and O–H groups in total. The Balaban J connectivity index is 1.98. The number of aromatic hydroxyl groups is 2. The highest BCUT2D eigenvalue weighted by Gasteiger charge is 2.09. The number of benzene rings is 3. The molecule has 3 aromatic carbocycles. The van der Waals surface area contributed by atoms with E-state index < -0.39 is 0 Å². The smallest absolute Gasteiger partial charge is 0.125 e. The summed E-state index contributed by atoms with van der Waals surface area (Å²) in [6.45, 7) is 0. The summed E-state index contributed by atoms with van der Waals surface area (Å²) in [5.41, 5.74) is 2.34. The lowest BCUT2D eigenvalue weighted by molar-refractivity contribution is 0.459. The number of phenolic OH excluding ortho intramolecular Hbond substituents is 2. The second-order valence-corrected chi connectivity index (χ2v) is 5.12. The zero-order chi connectivity index (χ0) is 16.8. The SMILES string of the molecule is Oc1ccc(O)c(C=Nc2ccccc2)c1C=Nc1ccccc1. The molecule has 0 bridgehead atoms. The lowest BCUT2D eigenvalue weighted by Gasteiger charge is -2.06. The molecule has 0 amide bonds. The summed E-state index contributed by atoms with van der Waals surface area (Å²) in [4.78, 5) is 8.67. The topological polar surface area (TPSA) is 65.2 Å². The van der Waals surface area contributed by atoms with Crippen molar-refractivity contribution in [2.45, 2.75) is 0 Å². The molecule has 0 unspecified atom stereocenters. The number of aliphatic imine (C=N–C) groups is 2. The van der Waals surface area contributed by atoms with Crippen LogP contribution < -0.4 is 0 Å². The number of hydrogen-bond donors (Lipinski definition) is 2. The van der Waals surface area contributed by atoms with Gasteiger partial charge in [0.1, 0.15) is 11.5 Å². The van der Waals surface area contributed by atoms with Crippen LogP contribution in [0.5, 0.6) is 11.5 Å². The predicted molar refractivity (Wildman–Crippen MR) is 97.2 cm³/mol. The molecule has 4 nitrogen and oxygen atoms in total. The van der Waals surface area contributed by atoms with Gasteiger partial charge in [-0.3, -0.25) is 9.98 Å². The van der Waals surface area contributed by atoms with E-state index >= 15 is 0 Å². The molecule has 0 aliphatic heterocycles. The molecule has 0 spiro atoms. The predicted octanol–water partition coefficient (Wildman–Crippen LogP) is 4.60. The van der Waals surface area contributed by atoms with Crippen LogP contribution in [0.25, 0.3) is 0 Å². The Morgan fingerprint density at radius 2 is 0.917 bits per heavy atom. The minimum atomic E-state index is 0.0296. The lowest BCUT2D eigenvalue weighted by atomic mass is 10.1. The molecule has 0 heterocycles. The third kappa shape index (κ3) is 3.67. The Bertz CT molecular complexity index is 798. The van der Waals surface area contributed by atoms with Gasteiger partial charge in [0.25, 0.3) is 0 Å². The number of rotatable bonds is 4. The minimum absolute atomic E-state index is 0.0296. The van der Waals surface area contributed by atoms with E-state index in [1.54, 1.807) is 0 Å². The largest absolute Gasteiger partial charge is 0.507 e. The quantitative estimate of drug-likeness (QED) is 0.546. The summed E-state index contributed by atoms with van der Waals surface area (Å²) < 4.78 is 0. The first-order chi connectivity index (χ1) is 11.7. The number of hydrogen-bond acceptors (Lipinski definition) is 4. The molecule has 4 heteroatoms. The third-order valence-corrected chi connectivity index (χ3v) is 3.44. The highest BCUT2D eigenvalue weighted by molar-refractivity contribution is 6.00. The van der Waals surface area contributed by atoms with Gasteiger partial charge in [-0.2, -0.15) is 0 Å². The maximum absolute atomic E-state index is 10.1. The van der Waals surface area contributed by atoms with Gasteiger partial charge in [0, 0.05) is 23.6 Å². The van der Waals surface area contributed by atoms with Crippen LogP contribution in [-0.4, -0.2) is 22.6 Å². The van der Waals surface area contributed by atoms with Gasteiger partial charge < -0.3 is 10.2 Å². The van der Waals surface area contributed by atoms with E-state index in [0.29, 0.717) is 11.1 Å². The molecule has 0 aliphatic rings. The zero-order valence-electron chi connectivity index (χ0n) is 12.9. The van der Waals surface area contributed by atoms with Gasteiger partial charge >= 0.3 is 0 Å². The third-order valence-electron chi connectivity index (χ3n) is 3.44. The van der Waals surface area contributed by atoms with Crippen molar-refractivity contribution in [3.8, 4) is 11.5 Å².